The highest BCUT2D eigenvalue weighted by atomic mass is 16.5. The lowest BCUT2D eigenvalue weighted by molar-refractivity contribution is -0.115. The minimum atomic E-state index is -0.316. The first-order chi connectivity index (χ1) is 16.7. The van der Waals surface area contributed by atoms with Crippen molar-refractivity contribution in [1.29, 1.82) is 0 Å². The van der Waals surface area contributed by atoms with Gasteiger partial charge < -0.3 is 14.3 Å². The number of likely N-dealkylation sites (tertiary alicyclic amines) is 1. The van der Waals surface area contributed by atoms with Crippen molar-refractivity contribution in [3.05, 3.63) is 30.1 Å². The van der Waals surface area contributed by atoms with Gasteiger partial charge in [-0.25, -0.2) is 4.79 Å². The van der Waals surface area contributed by atoms with Gasteiger partial charge >= 0.3 is 6.09 Å². The Labute approximate surface area is 208 Å². The summed E-state index contributed by atoms with van der Waals surface area (Å²) in [5.74, 6) is 1.07. The Bertz CT molecular complexity index is 1070. The molecule has 35 heavy (non-hydrogen) atoms. The number of nitrogens with zero attached hydrogens (tertiary/aromatic N) is 4. The molecule has 1 aromatic carbocycles. The smallest absolute Gasteiger partial charge is 0.414 e. The number of ketones is 1. The molecule has 190 valence electrons. The Hall–Kier alpha value is -2.87. The minimum Gasteiger partial charge on any atom is -0.487 e. The van der Waals surface area contributed by atoms with Crippen LogP contribution in [0.15, 0.2) is 24.5 Å². The number of anilines is 1. The van der Waals surface area contributed by atoms with Crippen molar-refractivity contribution in [2.75, 3.05) is 25.1 Å². The molecule has 0 unspecified atom stereocenters. The Morgan fingerprint density at radius 3 is 2.40 bits per heavy atom. The average molecular weight is 483 g/mol. The lowest BCUT2D eigenvalue weighted by atomic mass is 9.92. The summed E-state index contributed by atoms with van der Waals surface area (Å²) in [6.45, 7) is 11.4. The highest BCUT2D eigenvalue weighted by molar-refractivity contribution is 5.92. The van der Waals surface area contributed by atoms with Crippen LogP contribution in [-0.4, -0.2) is 64.9 Å². The van der Waals surface area contributed by atoms with Crippen LogP contribution in [0.5, 0.6) is 5.75 Å². The molecule has 2 aromatic rings. The molecule has 0 N–H and O–H groups in total. The van der Waals surface area contributed by atoms with Crippen molar-refractivity contribution in [3.63, 3.8) is 0 Å². The summed E-state index contributed by atoms with van der Waals surface area (Å²) in [5, 5.41) is 4.59. The van der Waals surface area contributed by atoms with Crippen LogP contribution in [0, 0.1) is 0 Å². The molecule has 3 aliphatic rings. The summed E-state index contributed by atoms with van der Waals surface area (Å²) in [4.78, 5) is 26.2. The summed E-state index contributed by atoms with van der Waals surface area (Å²) in [6, 6.07) is 5.28. The van der Waals surface area contributed by atoms with E-state index >= 15 is 0 Å². The Kier molecular flexibility index (Phi) is 7.50. The molecule has 2 fully saturated rings. The first-order valence-corrected chi connectivity index (χ1v) is 12.6. The Balaban J connectivity index is 0.000000672. The molecule has 0 spiro atoms. The van der Waals surface area contributed by atoms with Gasteiger partial charge in [0.15, 0.2) is 0 Å². The van der Waals surface area contributed by atoms with Gasteiger partial charge in [0.1, 0.15) is 17.6 Å². The summed E-state index contributed by atoms with van der Waals surface area (Å²) in [7, 11) is 1.44. The van der Waals surface area contributed by atoms with E-state index in [1.54, 1.807) is 4.90 Å². The second-order valence-electron chi connectivity index (χ2n) is 10.3. The molecule has 1 aromatic heterocycles. The van der Waals surface area contributed by atoms with Crippen molar-refractivity contribution in [2.45, 2.75) is 84.5 Å². The molecule has 1 atom stereocenters. The predicted molar refractivity (Wildman–Crippen MR) is 136 cm³/mol. The summed E-state index contributed by atoms with van der Waals surface area (Å²) >= 11 is 0. The summed E-state index contributed by atoms with van der Waals surface area (Å²) in [5.41, 5.74) is 4.14. The SMILES string of the molecule is CC(C)=O.COC(=O)N1c2ccc(-c3cnn(C4CC4)c3)c(OC3CN(C(C)C)C3)c2CC[C@@H]1C. The van der Waals surface area contributed by atoms with Gasteiger partial charge in [-0.05, 0) is 72.4 Å². The van der Waals surface area contributed by atoms with Gasteiger partial charge in [0.25, 0.3) is 0 Å². The molecule has 5 rings (SSSR count). The van der Waals surface area contributed by atoms with Gasteiger partial charge in [0.05, 0.1) is 25.0 Å². The molecule has 3 heterocycles. The molecule has 8 heteroatoms. The number of hydrogen-bond donors (Lipinski definition) is 0. The number of benzene rings is 1. The molecule has 8 nitrogen and oxygen atoms in total. The number of ether oxygens (including phenoxy) is 2. The molecule has 1 saturated carbocycles. The number of rotatable bonds is 5. The molecule has 2 aliphatic heterocycles. The highest BCUT2D eigenvalue weighted by Gasteiger charge is 2.36. The number of amides is 1. The molecular formula is C27H38N4O4. The second-order valence-corrected chi connectivity index (χ2v) is 10.3. The van der Waals surface area contributed by atoms with Crippen LogP contribution in [0.2, 0.25) is 0 Å². The zero-order valence-electron chi connectivity index (χ0n) is 21.8. The van der Waals surface area contributed by atoms with Crippen molar-refractivity contribution < 1.29 is 19.1 Å². The zero-order chi connectivity index (χ0) is 25.3. The summed E-state index contributed by atoms with van der Waals surface area (Å²) < 4.78 is 13.8. The fourth-order valence-electron chi connectivity index (χ4n) is 4.69. The van der Waals surface area contributed by atoms with Crippen LogP contribution < -0.4 is 9.64 Å². The van der Waals surface area contributed by atoms with E-state index < -0.39 is 0 Å². The van der Waals surface area contributed by atoms with Crippen LogP contribution in [0.25, 0.3) is 11.1 Å². The molecule has 1 amide bonds. The van der Waals surface area contributed by atoms with Crippen molar-refractivity contribution in [1.82, 2.24) is 14.7 Å². The van der Waals surface area contributed by atoms with Crippen LogP contribution in [-0.2, 0) is 16.0 Å². The van der Waals surface area contributed by atoms with Crippen molar-refractivity contribution >= 4 is 17.6 Å². The minimum absolute atomic E-state index is 0.0939. The number of fused-ring (bicyclic) bond motifs is 1. The van der Waals surface area contributed by atoms with E-state index in [0.29, 0.717) is 12.1 Å². The largest absolute Gasteiger partial charge is 0.487 e. The quantitative estimate of drug-likeness (QED) is 0.606. The molecule has 1 saturated heterocycles. The van der Waals surface area contributed by atoms with Gasteiger partial charge in [0.2, 0.25) is 0 Å². The number of methoxy groups -OCH3 is 1. The van der Waals surface area contributed by atoms with E-state index in [4.69, 9.17) is 9.47 Å². The third-order valence-corrected chi connectivity index (χ3v) is 6.84. The van der Waals surface area contributed by atoms with Crippen LogP contribution in [0.3, 0.4) is 0 Å². The fraction of sp³-hybridized carbons (Fsp3) is 0.593. The lowest BCUT2D eigenvalue weighted by Gasteiger charge is -2.43. The highest BCUT2D eigenvalue weighted by Crippen LogP contribution is 2.44. The first kappa shape index (κ1) is 25.2. The number of carbonyl (C=O) groups is 2. The molecular weight excluding hydrogens is 444 g/mol. The van der Waals surface area contributed by atoms with Gasteiger partial charge in [-0.15, -0.1) is 0 Å². The first-order valence-electron chi connectivity index (χ1n) is 12.6. The van der Waals surface area contributed by atoms with E-state index in [2.05, 4.69) is 47.7 Å². The van der Waals surface area contributed by atoms with E-state index in [-0.39, 0.29) is 24.0 Å². The zero-order valence-corrected chi connectivity index (χ0v) is 21.8. The fourth-order valence-corrected chi connectivity index (χ4v) is 4.69. The Morgan fingerprint density at radius 1 is 1.11 bits per heavy atom. The number of aromatic nitrogens is 2. The predicted octanol–water partition coefficient (Wildman–Crippen LogP) is 4.86. The van der Waals surface area contributed by atoms with Gasteiger partial charge in [-0.2, -0.15) is 5.10 Å². The maximum Gasteiger partial charge on any atom is 0.414 e. The van der Waals surface area contributed by atoms with E-state index in [1.807, 2.05) is 12.3 Å². The maximum absolute atomic E-state index is 12.5. The van der Waals surface area contributed by atoms with E-state index in [0.717, 1.165) is 54.1 Å². The molecule has 0 bridgehead atoms. The average Bonchev–Trinajstić information content (AvgIpc) is 3.51. The standard InChI is InChI=1S/C24H32N4O3.C3H6O/c1-15(2)26-13-19(14-26)31-23-20(17-11-25-27(12-17)18-6-7-18)9-10-22-21(23)8-5-16(3)28(22)24(29)30-4;1-3(2)4/h9-12,15-16,18-19H,5-8,13-14H2,1-4H3;1-2H3/t16-;/m0./s1. The number of carbonyl (C=O) groups excluding carboxylic acids is 2. The van der Waals surface area contributed by atoms with Gasteiger partial charge in [-0.1, -0.05) is 0 Å². The van der Waals surface area contributed by atoms with E-state index in [9.17, 15) is 9.59 Å². The van der Waals surface area contributed by atoms with Crippen LogP contribution >= 0.6 is 0 Å². The van der Waals surface area contributed by atoms with Crippen LogP contribution in [0.1, 0.15) is 65.5 Å². The maximum atomic E-state index is 12.5. The topological polar surface area (TPSA) is 76.9 Å². The van der Waals surface area contributed by atoms with Crippen molar-refractivity contribution in [3.8, 4) is 16.9 Å². The molecule has 0 radical (unpaired) electrons. The Morgan fingerprint density at radius 2 is 1.80 bits per heavy atom. The second kappa shape index (κ2) is 10.4. The monoisotopic (exact) mass is 482 g/mol. The third kappa shape index (κ3) is 5.53. The summed E-state index contributed by atoms with van der Waals surface area (Å²) in [6.07, 6.45) is 8.09. The van der Waals surface area contributed by atoms with Crippen LogP contribution in [0.4, 0.5) is 10.5 Å². The van der Waals surface area contributed by atoms with E-state index in [1.165, 1.54) is 33.8 Å². The number of Topliss-reactive ketones (excluding diaryl/α,β-unsaturated/α-hetero) is 1. The lowest BCUT2D eigenvalue weighted by Crippen LogP contribution is -2.56. The third-order valence-electron chi connectivity index (χ3n) is 6.84. The molecule has 1 aliphatic carbocycles. The van der Waals surface area contributed by atoms with Crippen molar-refractivity contribution in [2.24, 2.45) is 0 Å². The number of hydrogen-bond acceptors (Lipinski definition) is 6. The normalized spacial score (nSPS) is 20.0. The van der Waals surface area contributed by atoms with Gasteiger partial charge in [-0.3, -0.25) is 14.5 Å². The van der Waals surface area contributed by atoms with Gasteiger partial charge in [0, 0.05) is 48.1 Å².